The van der Waals surface area contributed by atoms with Gasteiger partial charge in [0, 0.05) is 10.9 Å². The average molecular weight is 380 g/mol. The van der Waals surface area contributed by atoms with Gasteiger partial charge >= 0.3 is 0 Å². The highest BCUT2D eigenvalue weighted by Gasteiger charge is 2.14. The summed E-state index contributed by atoms with van der Waals surface area (Å²) in [5.74, 6) is 0.792. The largest absolute Gasteiger partial charge is 0.497 e. The third kappa shape index (κ3) is 3.03. The monoisotopic (exact) mass is 379 g/mol. The fraction of sp³-hybridized carbons (Fsp3) is 0.0455. The maximum atomic E-state index is 6.42. The van der Waals surface area contributed by atoms with Gasteiger partial charge in [0.25, 0.3) is 0 Å². The molecule has 0 radical (unpaired) electrons. The summed E-state index contributed by atoms with van der Waals surface area (Å²) in [7, 11) is 1.66. The molecular formula is C22H15Cl2NO. The van der Waals surface area contributed by atoms with E-state index in [-0.39, 0.29) is 0 Å². The zero-order valence-corrected chi connectivity index (χ0v) is 15.6. The molecule has 1 heterocycles. The SMILES string of the molecule is COc1ccc2nc(-c3c(Cl)cccc3Cl)cc(-c3ccccc3)c2c1. The molecule has 3 aromatic carbocycles. The highest BCUT2D eigenvalue weighted by molar-refractivity contribution is 6.39. The zero-order chi connectivity index (χ0) is 18.1. The van der Waals surface area contributed by atoms with Crippen molar-refractivity contribution in [2.45, 2.75) is 0 Å². The van der Waals surface area contributed by atoms with Crippen molar-refractivity contribution in [3.05, 3.63) is 82.8 Å². The minimum Gasteiger partial charge on any atom is -0.497 e. The number of rotatable bonds is 3. The molecule has 4 heteroatoms. The van der Waals surface area contributed by atoms with E-state index in [0.29, 0.717) is 10.0 Å². The van der Waals surface area contributed by atoms with Gasteiger partial charge < -0.3 is 4.74 Å². The van der Waals surface area contributed by atoms with Gasteiger partial charge in [-0.3, -0.25) is 0 Å². The van der Waals surface area contributed by atoms with Gasteiger partial charge in [-0.25, -0.2) is 4.98 Å². The van der Waals surface area contributed by atoms with Crippen LogP contribution in [0.5, 0.6) is 5.75 Å². The molecule has 0 aliphatic carbocycles. The van der Waals surface area contributed by atoms with Gasteiger partial charge in [-0.2, -0.15) is 0 Å². The first kappa shape index (κ1) is 16.9. The Labute approximate surface area is 162 Å². The Morgan fingerprint density at radius 1 is 0.808 bits per heavy atom. The molecule has 0 amide bonds. The van der Waals surface area contributed by atoms with Crippen LogP contribution in [0.15, 0.2) is 72.8 Å². The fourth-order valence-electron chi connectivity index (χ4n) is 3.06. The lowest BCUT2D eigenvalue weighted by Gasteiger charge is -2.13. The first-order chi connectivity index (χ1) is 12.7. The van der Waals surface area contributed by atoms with Crippen LogP contribution in [0.1, 0.15) is 0 Å². The molecule has 2 nitrogen and oxygen atoms in total. The second kappa shape index (κ2) is 6.99. The van der Waals surface area contributed by atoms with Gasteiger partial charge in [-0.05, 0) is 47.5 Å². The molecule has 26 heavy (non-hydrogen) atoms. The first-order valence-corrected chi connectivity index (χ1v) is 8.91. The number of hydrogen-bond acceptors (Lipinski definition) is 2. The summed E-state index contributed by atoms with van der Waals surface area (Å²) in [6.07, 6.45) is 0. The van der Waals surface area contributed by atoms with Crippen LogP contribution in [0.4, 0.5) is 0 Å². The standard InChI is InChI=1S/C22H15Cl2NO/c1-26-15-10-11-20-17(12-15)16(14-6-3-2-4-7-14)13-21(25-20)22-18(23)8-5-9-19(22)24/h2-13H,1H3. The number of benzene rings is 3. The molecule has 4 rings (SSSR count). The van der Waals surface area contributed by atoms with E-state index in [0.717, 1.165) is 39.0 Å². The van der Waals surface area contributed by atoms with E-state index >= 15 is 0 Å². The van der Waals surface area contributed by atoms with Gasteiger partial charge in [0.2, 0.25) is 0 Å². The lowest BCUT2D eigenvalue weighted by molar-refractivity contribution is 0.415. The second-order valence-electron chi connectivity index (χ2n) is 5.90. The summed E-state index contributed by atoms with van der Waals surface area (Å²) < 4.78 is 5.40. The number of hydrogen-bond donors (Lipinski definition) is 0. The van der Waals surface area contributed by atoms with Gasteiger partial charge in [0.15, 0.2) is 0 Å². The van der Waals surface area contributed by atoms with Crippen LogP contribution in [0, 0.1) is 0 Å². The predicted molar refractivity (Wildman–Crippen MR) is 109 cm³/mol. The molecule has 128 valence electrons. The van der Waals surface area contributed by atoms with Crippen molar-refractivity contribution in [3.63, 3.8) is 0 Å². The van der Waals surface area contributed by atoms with Gasteiger partial charge in [-0.1, -0.05) is 59.6 Å². The molecule has 0 bridgehead atoms. The van der Waals surface area contributed by atoms with Crippen LogP contribution in [-0.2, 0) is 0 Å². The Kier molecular flexibility index (Phi) is 4.54. The number of methoxy groups -OCH3 is 1. The summed E-state index contributed by atoms with van der Waals surface area (Å²) in [6, 6.07) is 23.6. The van der Waals surface area contributed by atoms with Crippen molar-refractivity contribution < 1.29 is 4.74 Å². The summed E-state index contributed by atoms with van der Waals surface area (Å²) in [5.41, 5.74) is 4.50. The summed E-state index contributed by atoms with van der Waals surface area (Å²) in [6.45, 7) is 0. The van der Waals surface area contributed by atoms with E-state index < -0.39 is 0 Å². The predicted octanol–water partition coefficient (Wildman–Crippen LogP) is 6.88. The molecular weight excluding hydrogens is 365 g/mol. The number of fused-ring (bicyclic) bond motifs is 1. The zero-order valence-electron chi connectivity index (χ0n) is 14.0. The molecule has 0 N–H and O–H groups in total. The van der Waals surface area contributed by atoms with E-state index in [1.807, 2.05) is 60.7 Å². The normalized spacial score (nSPS) is 10.9. The van der Waals surface area contributed by atoms with Crippen molar-refractivity contribution in [1.29, 1.82) is 0 Å². The topological polar surface area (TPSA) is 22.1 Å². The van der Waals surface area contributed by atoms with Crippen LogP contribution in [0.2, 0.25) is 10.0 Å². The Balaban J connectivity index is 2.06. The molecule has 0 aliphatic heterocycles. The quantitative estimate of drug-likeness (QED) is 0.386. The molecule has 0 spiro atoms. The number of aromatic nitrogens is 1. The third-order valence-corrected chi connectivity index (χ3v) is 4.95. The summed E-state index contributed by atoms with van der Waals surface area (Å²) >= 11 is 12.8. The Hall–Kier alpha value is -2.55. The maximum Gasteiger partial charge on any atom is 0.119 e. The molecule has 0 saturated carbocycles. The molecule has 0 aliphatic rings. The molecule has 0 unspecified atom stereocenters. The van der Waals surface area contributed by atoms with E-state index in [4.69, 9.17) is 32.9 Å². The average Bonchev–Trinajstić information content (AvgIpc) is 2.67. The molecule has 1 aromatic heterocycles. The van der Waals surface area contributed by atoms with Crippen molar-refractivity contribution in [2.75, 3.05) is 7.11 Å². The lowest BCUT2D eigenvalue weighted by Crippen LogP contribution is -1.92. The van der Waals surface area contributed by atoms with Crippen molar-refractivity contribution in [1.82, 2.24) is 4.98 Å². The number of halogens is 2. The van der Waals surface area contributed by atoms with Crippen LogP contribution in [-0.4, -0.2) is 12.1 Å². The first-order valence-electron chi connectivity index (χ1n) is 8.16. The van der Waals surface area contributed by atoms with E-state index in [9.17, 15) is 0 Å². The molecule has 4 aromatic rings. The minimum atomic E-state index is 0.580. The van der Waals surface area contributed by atoms with Crippen molar-refractivity contribution in [3.8, 4) is 28.1 Å². The number of ether oxygens (including phenoxy) is 1. The number of pyridine rings is 1. The van der Waals surface area contributed by atoms with Crippen LogP contribution in [0.25, 0.3) is 33.3 Å². The fourth-order valence-corrected chi connectivity index (χ4v) is 3.65. The molecule has 0 saturated heterocycles. The summed E-state index contributed by atoms with van der Waals surface area (Å²) in [4.78, 5) is 4.80. The minimum absolute atomic E-state index is 0.580. The van der Waals surface area contributed by atoms with E-state index in [1.54, 1.807) is 7.11 Å². The summed E-state index contributed by atoms with van der Waals surface area (Å²) in [5, 5.41) is 2.18. The second-order valence-corrected chi connectivity index (χ2v) is 6.72. The third-order valence-electron chi connectivity index (χ3n) is 4.32. The Bertz CT molecular complexity index is 1070. The van der Waals surface area contributed by atoms with E-state index in [1.165, 1.54) is 0 Å². The van der Waals surface area contributed by atoms with Crippen LogP contribution in [0.3, 0.4) is 0 Å². The van der Waals surface area contributed by atoms with Crippen molar-refractivity contribution in [2.24, 2.45) is 0 Å². The molecule has 0 fully saturated rings. The van der Waals surface area contributed by atoms with Crippen LogP contribution >= 0.6 is 23.2 Å². The molecule has 0 atom stereocenters. The highest BCUT2D eigenvalue weighted by Crippen LogP contribution is 2.38. The van der Waals surface area contributed by atoms with Gasteiger partial charge in [0.1, 0.15) is 5.75 Å². The lowest BCUT2D eigenvalue weighted by atomic mass is 9.98. The maximum absolute atomic E-state index is 6.42. The van der Waals surface area contributed by atoms with Gasteiger partial charge in [0.05, 0.1) is 28.4 Å². The van der Waals surface area contributed by atoms with Crippen molar-refractivity contribution >= 4 is 34.1 Å². The smallest absolute Gasteiger partial charge is 0.119 e. The van der Waals surface area contributed by atoms with Gasteiger partial charge in [-0.15, -0.1) is 0 Å². The highest BCUT2D eigenvalue weighted by atomic mass is 35.5. The van der Waals surface area contributed by atoms with Crippen LogP contribution < -0.4 is 4.74 Å². The number of nitrogens with zero attached hydrogens (tertiary/aromatic N) is 1. The Morgan fingerprint density at radius 2 is 1.54 bits per heavy atom. The van der Waals surface area contributed by atoms with E-state index in [2.05, 4.69) is 12.1 Å². The Morgan fingerprint density at radius 3 is 2.23 bits per heavy atom.